The normalized spacial score (nSPS) is 19.2. The van der Waals surface area contributed by atoms with Gasteiger partial charge in [0.15, 0.2) is 0 Å². The van der Waals surface area contributed by atoms with Gasteiger partial charge in [-0.2, -0.15) is 0 Å². The maximum Gasteiger partial charge on any atom is 0.336 e. The van der Waals surface area contributed by atoms with Gasteiger partial charge in [0.1, 0.15) is 0 Å². The number of nitrogens with one attached hydrogen (secondary N) is 1. The molecule has 0 spiro atoms. The van der Waals surface area contributed by atoms with E-state index in [1.165, 1.54) is 17.1 Å². The first-order valence-electron chi connectivity index (χ1n) is 6.23. The molecule has 0 radical (unpaired) electrons. The molecule has 3 rings (SSSR count). The van der Waals surface area contributed by atoms with E-state index in [2.05, 4.69) is 29.7 Å². The Morgan fingerprint density at radius 2 is 1.95 bits per heavy atom. The Hall–Kier alpha value is -0.760. The lowest BCUT2D eigenvalue weighted by atomic mass is 10.1. The van der Waals surface area contributed by atoms with E-state index in [-0.39, 0.29) is 6.03 Å². The van der Waals surface area contributed by atoms with E-state index in [0.717, 1.165) is 10.5 Å². The molecule has 1 aromatic carbocycles. The van der Waals surface area contributed by atoms with Gasteiger partial charge in [0, 0.05) is 22.6 Å². The van der Waals surface area contributed by atoms with Crippen molar-refractivity contribution in [1.29, 1.82) is 0 Å². The van der Waals surface area contributed by atoms with Crippen molar-refractivity contribution < 1.29 is 4.79 Å². The molecule has 0 bridgehead atoms. The highest BCUT2D eigenvalue weighted by Crippen LogP contribution is 2.45. The number of carbonyl (C=O) groups is 1. The SMILES string of the molecule is NNC(=O)N1C=C(c2ccc(C3SCCS3)cc2)SC1. The number of urea groups is 1. The summed E-state index contributed by atoms with van der Waals surface area (Å²) in [6.07, 6.45) is 1.85. The van der Waals surface area contributed by atoms with Crippen molar-refractivity contribution in [2.45, 2.75) is 4.58 Å². The van der Waals surface area contributed by atoms with Crippen molar-refractivity contribution in [2.75, 3.05) is 17.4 Å². The molecule has 1 aromatic rings. The highest BCUT2D eigenvalue weighted by molar-refractivity contribution is 8.19. The first-order chi connectivity index (χ1) is 9.78. The van der Waals surface area contributed by atoms with Crippen LogP contribution in [0.3, 0.4) is 0 Å². The molecule has 4 nitrogen and oxygen atoms in total. The molecule has 20 heavy (non-hydrogen) atoms. The summed E-state index contributed by atoms with van der Waals surface area (Å²) in [4.78, 5) is 14.1. The first kappa shape index (κ1) is 14.2. The lowest BCUT2D eigenvalue weighted by Crippen LogP contribution is -2.39. The van der Waals surface area contributed by atoms with Crippen LogP contribution >= 0.6 is 35.3 Å². The van der Waals surface area contributed by atoms with E-state index < -0.39 is 0 Å². The summed E-state index contributed by atoms with van der Waals surface area (Å²) in [5.41, 5.74) is 4.68. The minimum absolute atomic E-state index is 0.275. The van der Waals surface area contributed by atoms with Gasteiger partial charge < -0.3 is 0 Å². The number of hydrogen-bond acceptors (Lipinski definition) is 5. The fourth-order valence-electron chi connectivity index (χ4n) is 2.07. The number of thioether (sulfide) groups is 3. The third-order valence-corrected chi connectivity index (χ3v) is 7.27. The number of amides is 2. The number of carbonyl (C=O) groups excluding carboxylic acids is 1. The van der Waals surface area contributed by atoms with Crippen LogP contribution in [-0.4, -0.2) is 28.3 Å². The van der Waals surface area contributed by atoms with E-state index in [9.17, 15) is 4.79 Å². The zero-order chi connectivity index (χ0) is 13.9. The van der Waals surface area contributed by atoms with Gasteiger partial charge >= 0.3 is 6.03 Å². The number of hydrogen-bond donors (Lipinski definition) is 2. The molecule has 2 aliphatic rings. The summed E-state index contributed by atoms with van der Waals surface area (Å²) in [5, 5.41) is 0. The van der Waals surface area contributed by atoms with E-state index in [4.69, 9.17) is 5.84 Å². The summed E-state index contributed by atoms with van der Waals surface area (Å²) in [6, 6.07) is 8.38. The van der Waals surface area contributed by atoms with Gasteiger partial charge in [0.05, 0.1) is 10.5 Å². The highest BCUT2D eigenvalue weighted by Gasteiger charge is 2.21. The standard InChI is InChI=1S/C13H15N3OS3/c14-15-13(17)16-7-11(20-8-16)9-1-3-10(4-2-9)12-18-5-6-19-12/h1-4,7,12H,5-6,8,14H2,(H,15,17). The monoisotopic (exact) mass is 325 g/mol. The smallest absolute Gasteiger partial charge is 0.289 e. The van der Waals surface area contributed by atoms with Crippen LogP contribution in [0.25, 0.3) is 4.91 Å². The number of benzene rings is 1. The van der Waals surface area contributed by atoms with Gasteiger partial charge in [0.25, 0.3) is 0 Å². The van der Waals surface area contributed by atoms with E-state index >= 15 is 0 Å². The third kappa shape index (κ3) is 2.95. The van der Waals surface area contributed by atoms with Gasteiger partial charge in [-0.15, -0.1) is 35.3 Å². The Bertz CT molecular complexity index is 526. The molecule has 3 N–H and O–H groups in total. The maximum atomic E-state index is 11.4. The average Bonchev–Trinajstić information content (AvgIpc) is 3.18. The molecule has 0 aromatic heterocycles. The molecular weight excluding hydrogens is 310 g/mol. The average molecular weight is 325 g/mol. The summed E-state index contributed by atoms with van der Waals surface area (Å²) >= 11 is 5.66. The topological polar surface area (TPSA) is 58.4 Å². The molecule has 106 valence electrons. The molecule has 0 aliphatic carbocycles. The fraction of sp³-hybridized carbons (Fsp3) is 0.308. The molecular formula is C13H15N3OS3. The van der Waals surface area contributed by atoms with Crippen LogP contribution in [0.15, 0.2) is 30.5 Å². The predicted octanol–water partition coefficient (Wildman–Crippen LogP) is 3.05. The van der Waals surface area contributed by atoms with Crippen LogP contribution in [0, 0.1) is 0 Å². The van der Waals surface area contributed by atoms with Crippen LogP contribution in [-0.2, 0) is 0 Å². The molecule has 2 amide bonds. The minimum atomic E-state index is -0.275. The summed E-state index contributed by atoms with van der Waals surface area (Å²) in [6.45, 7) is 0. The Balaban J connectivity index is 1.73. The van der Waals surface area contributed by atoms with Crippen molar-refractivity contribution in [2.24, 2.45) is 5.84 Å². The van der Waals surface area contributed by atoms with Crippen LogP contribution < -0.4 is 11.3 Å². The van der Waals surface area contributed by atoms with Crippen molar-refractivity contribution in [3.05, 3.63) is 41.6 Å². The number of hydrazine groups is 1. The van der Waals surface area contributed by atoms with Gasteiger partial charge in [-0.25, -0.2) is 10.6 Å². The summed E-state index contributed by atoms with van der Waals surface area (Å²) in [7, 11) is 0. The molecule has 1 fully saturated rings. The molecule has 0 saturated carbocycles. The van der Waals surface area contributed by atoms with Crippen LogP contribution in [0.2, 0.25) is 0 Å². The Kier molecular flexibility index (Phi) is 4.50. The van der Waals surface area contributed by atoms with Crippen molar-refractivity contribution >= 4 is 46.2 Å². The Morgan fingerprint density at radius 3 is 2.60 bits per heavy atom. The lowest BCUT2D eigenvalue weighted by molar-refractivity contribution is 0.222. The van der Waals surface area contributed by atoms with E-state index in [1.54, 1.807) is 16.7 Å². The van der Waals surface area contributed by atoms with Crippen molar-refractivity contribution in [3.63, 3.8) is 0 Å². The zero-order valence-electron chi connectivity index (χ0n) is 10.7. The van der Waals surface area contributed by atoms with Gasteiger partial charge in [-0.1, -0.05) is 24.3 Å². The number of rotatable bonds is 2. The third-order valence-electron chi connectivity index (χ3n) is 3.11. The largest absolute Gasteiger partial charge is 0.336 e. The Labute approximate surface area is 130 Å². The molecule has 2 aliphatic heterocycles. The summed E-state index contributed by atoms with van der Waals surface area (Å²) < 4.78 is 0.578. The molecule has 2 heterocycles. The second kappa shape index (κ2) is 6.34. The van der Waals surface area contributed by atoms with E-state index in [0.29, 0.717) is 10.5 Å². The molecule has 0 atom stereocenters. The second-order valence-electron chi connectivity index (χ2n) is 4.38. The fourth-order valence-corrected chi connectivity index (χ4v) is 5.90. The first-order valence-corrected chi connectivity index (χ1v) is 9.31. The summed E-state index contributed by atoms with van der Waals surface area (Å²) in [5.74, 6) is 8.22. The zero-order valence-corrected chi connectivity index (χ0v) is 13.2. The van der Waals surface area contributed by atoms with Crippen LogP contribution in [0.5, 0.6) is 0 Å². The number of nitrogens with zero attached hydrogens (tertiary/aromatic N) is 1. The number of nitrogens with two attached hydrogens (primary N) is 1. The predicted molar refractivity (Wildman–Crippen MR) is 89.1 cm³/mol. The second-order valence-corrected chi connectivity index (χ2v) is 8.09. The van der Waals surface area contributed by atoms with Gasteiger partial charge in [0.2, 0.25) is 0 Å². The van der Waals surface area contributed by atoms with Crippen molar-refractivity contribution in [1.82, 2.24) is 10.3 Å². The van der Waals surface area contributed by atoms with Crippen molar-refractivity contribution in [3.8, 4) is 0 Å². The Morgan fingerprint density at radius 1 is 1.25 bits per heavy atom. The quantitative estimate of drug-likeness (QED) is 0.497. The van der Waals surface area contributed by atoms with Gasteiger partial charge in [-0.05, 0) is 11.1 Å². The molecule has 7 heteroatoms. The molecule has 1 saturated heterocycles. The lowest BCUT2D eigenvalue weighted by Gasteiger charge is -2.09. The minimum Gasteiger partial charge on any atom is -0.289 e. The molecule has 0 unspecified atom stereocenters. The van der Waals surface area contributed by atoms with Crippen LogP contribution in [0.4, 0.5) is 4.79 Å². The van der Waals surface area contributed by atoms with Gasteiger partial charge in [-0.3, -0.25) is 10.3 Å². The van der Waals surface area contributed by atoms with Crippen LogP contribution in [0.1, 0.15) is 15.7 Å². The van der Waals surface area contributed by atoms with E-state index in [1.807, 2.05) is 29.7 Å². The maximum absolute atomic E-state index is 11.4. The highest BCUT2D eigenvalue weighted by atomic mass is 32.2.